The summed E-state index contributed by atoms with van der Waals surface area (Å²) in [5.74, 6) is 0.157. The molecule has 1 fully saturated rings. The smallest absolute Gasteiger partial charge is 0.243 e. The number of rotatable bonds is 9. The topological polar surface area (TPSA) is 58.6 Å². The Bertz CT molecular complexity index is 877. The van der Waals surface area contributed by atoms with Gasteiger partial charge in [-0.3, -0.25) is 9.59 Å². The zero-order valence-electron chi connectivity index (χ0n) is 19.0. The SMILES string of the molecule is CCC(C(=O)NC1CCCCC1)N(Cc1ccc(F)cc1)C(=O)Cc1ccc(OC)cc1. The van der Waals surface area contributed by atoms with Crippen molar-refractivity contribution < 1.29 is 18.7 Å². The first-order valence-electron chi connectivity index (χ1n) is 11.5. The molecule has 2 aromatic rings. The first kappa shape index (κ1) is 23.8. The molecule has 0 spiro atoms. The van der Waals surface area contributed by atoms with E-state index in [9.17, 15) is 14.0 Å². The minimum absolute atomic E-state index is 0.107. The van der Waals surface area contributed by atoms with Gasteiger partial charge >= 0.3 is 0 Å². The van der Waals surface area contributed by atoms with Gasteiger partial charge in [0.2, 0.25) is 11.8 Å². The van der Waals surface area contributed by atoms with Crippen molar-refractivity contribution in [3.05, 3.63) is 65.5 Å². The average Bonchev–Trinajstić information content (AvgIpc) is 2.81. The molecule has 3 rings (SSSR count). The van der Waals surface area contributed by atoms with Gasteiger partial charge in [-0.2, -0.15) is 0 Å². The molecule has 1 aliphatic carbocycles. The van der Waals surface area contributed by atoms with E-state index in [1.54, 1.807) is 24.1 Å². The fourth-order valence-corrected chi connectivity index (χ4v) is 4.27. The van der Waals surface area contributed by atoms with Gasteiger partial charge in [0, 0.05) is 12.6 Å². The van der Waals surface area contributed by atoms with E-state index in [2.05, 4.69) is 5.32 Å². The predicted molar refractivity (Wildman–Crippen MR) is 123 cm³/mol. The number of nitrogens with one attached hydrogen (secondary N) is 1. The second-order valence-electron chi connectivity index (χ2n) is 8.44. The molecule has 32 heavy (non-hydrogen) atoms. The Hall–Kier alpha value is -2.89. The highest BCUT2D eigenvalue weighted by atomic mass is 19.1. The minimum Gasteiger partial charge on any atom is -0.497 e. The van der Waals surface area contributed by atoms with Gasteiger partial charge in [-0.25, -0.2) is 4.39 Å². The van der Waals surface area contributed by atoms with Crippen LogP contribution in [0.2, 0.25) is 0 Å². The van der Waals surface area contributed by atoms with Crippen LogP contribution in [0.25, 0.3) is 0 Å². The molecule has 0 saturated heterocycles. The van der Waals surface area contributed by atoms with Gasteiger partial charge in [0.05, 0.1) is 13.5 Å². The van der Waals surface area contributed by atoms with Crippen LogP contribution < -0.4 is 10.1 Å². The summed E-state index contributed by atoms with van der Waals surface area (Å²) in [6.07, 6.45) is 6.11. The van der Waals surface area contributed by atoms with E-state index in [0.717, 1.165) is 42.6 Å². The number of hydrogen-bond donors (Lipinski definition) is 1. The molecule has 172 valence electrons. The number of carbonyl (C=O) groups excluding carboxylic acids is 2. The van der Waals surface area contributed by atoms with Crippen LogP contribution in [0.4, 0.5) is 4.39 Å². The molecule has 2 aromatic carbocycles. The van der Waals surface area contributed by atoms with Crippen LogP contribution in [-0.4, -0.2) is 35.9 Å². The second-order valence-corrected chi connectivity index (χ2v) is 8.44. The number of nitrogens with zero attached hydrogens (tertiary/aromatic N) is 1. The predicted octanol–water partition coefficient (Wildman–Crippen LogP) is 4.63. The normalized spacial score (nSPS) is 15.1. The molecule has 1 unspecified atom stereocenters. The van der Waals surface area contributed by atoms with Gasteiger partial charge in [-0.1, -0.05) is 50.5 Å². The highest BCUT2D eigenvalue weighted by Crippen LogP contribution is 2.20. The monoisotopic (exact) mass is 440 g/mol. The van der Waals surface area contributed by atoms with E-state index in [-0.39, 0.29) is 36.6 Å². The molecular formula is C26H33FN2O3. The van der Waals surface area contributed by atoms with Gasteiger partial charge in [0.1, 0.15) is 17.6 Å². The first-order chi connectivity index (χ1) is 15.5. The molecule has 1 atom stereocenters. The zero-order chi connectivity index (χ0) is 22.9. The molecule has 0 radical (unpaired) electrons. The van der Waals surface area contributed by atoms with Crippen LogP contribution >= 0.6 is 0 Å². The maximum atomic E-state index is 13.4. The molecule has 0 heterocycles. The van der Waals surface area contributed by atoms with Crippen LogP contribution in [0, 0.1) is 5.82 Å². The van der Waals surface area contributed by atoms with Crippen LogP contribution in [0.3, 0.4) is 0 Å². The Balaban J connectivity index is 1.78. The summed E-state index contributed by atoms with van der Waals surface area (Å²) < 4.78 is 18.6. The summed E-state index contributed by atoms with van der Waals surface area (Å²) in [5.41, 5.74) is 1.64. The largest absolute Gasteiger partial charge is 0.497 e. The molecule has 5 nitrogen and oxygen atoms in total. The lowest BCUT2D eigenvalue weighted by atomic mass is 9.95. The quantitative estimate of drug-likeness (QED) is 0.618. The Morgan fingerprint density at radius 3 is 2.25 bits per heavy atom. The molecule has 1 saturated carbocycles. The van der Waals surface area contributed by atoms with Crippen molar-refractivity contribution in [1.82, 2.24) is 10.2 Å². The molecular weight excluding hydrogens is 407 g/mol. The molecule has 6 heteroatoms. The second kappa shape index (κ2) is 11.7. The lowest BCUT2D eigenvalue weighted by molar-refractivity contribution is -0.141. The number of amides is 2. The average molecular weight is 441 g/mol. The van der Waals surface area contributed by atoms with E-state index >= 15 is 0 Å². The maximum Gasteiger partial charge on any atom is 0.243 e. The Morgan fingerprint density at radius 1 is 1.03 bits per heavy atom. The van der Waals surface area contributed by atoms with E-state index in [1.165, 1.54) is 18.6 Å². The summed E-state index contributed by atoms with van der Waals surface area (Å²) in [7, 11) is 1.60. The Labute approximate surface area is 190 Å². The number of ether oxygens (including phenoxy) is 1. The maximum absolute atomic E-state index is 13.4. The van der Waals surface area contributed by atoms with Crippen molar-refractivity contribution in [2.24, 2.45) is 0 Å². The number of benzene rings is 2. The standard InChI is InChI=1S/C26H33FN2O3/c1-3-24(26(31)28-22-7-5-4-6-8-22)29(18-20-9-13-21(27)14-10-20)25(30)17-19-11-15-23(32-2)16-12-19/h9-16,22,24H,3-8,17-18H2,1-2H3,(H,28,31). The summed E-state index contributed by atoms with van der Waals surface area (Å²) in [6, 6.07) is 13.0. The van der Waals surface area contributed by atoms with E-state index < -0.39 is 6.04 Å². The number of carbonyl (C=O) groups is 2. The lowest BCUT2D eigenvalue weighted by Crippen LogP contribution is -2.51. The fraction of sp³-hybridized carbons (Fsp3) is 0.462. The molecule has 2 amide bonds. The first-order valence-corrected chi connectivity index (χ1v) is 11.5. The summed E-state index contributed by atoms with van der Waals surface area (Å²) >= 11 is 0. The third-order valence-electron chi connectivity index (χ3n) is 6.12. The number of halogens is 1. The molecule has 0 bridgehead atoms. The van der Waals surface area contributed by atoms with Gasteiger partial charge in [-0.15, -0.1) is 0 Å². The van der Waals surface area contributed by atoms with Crippen LogP contribution in [0.1, 0.15) is 56.6 Å². The van der Waals surface area contributed by atoms with Crippen LogP contribution in [0.15, 0.2) is 48.5 Å². The van der Waals surface area contributed by atoms with Crippen molar-refractivity contribution >= 4 is 11.8 Å². The zero-order valence-corrected chi connectivity index (χ0v) is 19.0. The van der Waals surface area contributed by atoms with Crippen molar-refractivity contribution in [3.8, 4) is 5.75 Å². The third-order valence-corrected chi connectivity index (χ3v) is 6.12. The summed E-state index contributed by atoms with van der Waals surface area (Å²) in [4.78, 5) is 28.2. The number of methoxy groups -OCH3 is 1. The van der Waals surface area contributed by atoms with Gasteiger partial charge < -0.3 is 15.0 Å². The number of hydrogen-bond acceptors (Lipinski definition) is 3. The lowest BCUT2D eigenvalue weighted by Gasteiger charge is -2.33. The van der Waals surface area contributed by atoms with Crippen molar-refractivity contribution in [2.45, 2.75) is 70.5 Å². The van der Waals surface area contributed by atoms with E-state index in [1.807, 2.05) is 31.2 Å². The van der Waals surface area contributed by atoms with Crippen molar-refractivity contribution in [1.29, 1.82) is 0 Å². The van der Waals surface area contributed by atoms with Crippen molar-refractivity contribution in [3.63, 3.8) is 0 Å². The molecule has 1 N–H and O–H groups in total. The van der Waals surface area contributed by atoms with Crippen molar-refractivity contribution in [2.75, 3.05) is 7.11 Å². The summed E-state index contributed by atoms with van der Waals surface area (Å²) in [6.45, 7) is 2.18. The minimum atomic E-state index is -0.576. The van der Waals surface area contributed by atoms with Gasteiger partial charge in [0.25, 0.3) is 0 Å². The summed E-state index contributed by atoms with van der Waals surface area (Å²) in [5, 5.41) is 3.17. The van der Waals surface area contributed by atoms with E-state index in [0.29, 0.717) is 6.42 Å². The molecule has 0 aliphatic heterocycles. The van der Waals surface area contributed by atoms with Gasteiger partial charge in [-0.05, 0) is 54.7 Å². The molecule has 1 aliphatic rings. The highest BCUT2D eigenvalue weighted by molar-refractivity contribution is 5.88. The third kappa shape index (κ3) is 6.55. The molecule has 0 aromatic heterocycles. The Kier molecular flexibility index (Phi) is 8.65. The van der Waals surface area contributed by atoms with Crippen LogP contribution in [0.5, 0.6) is 5.75 Å². The fourth-order valence-electron chi connectivity index (χ4n) is 4.27. The van der Waals surface area contributed by atoms with Gasteiger partial charge in [0.15, 0.2) is 0 Å². The van der Waals surface area contributed by atoms with Crippen LogP contribution in [-0.2, 0) is 22.6 Å². The highest BCUT2D eigenvalue weighted by Gasteiger charge is 2.30. The Morgan fingerprint density at radius 2 is 1.66 bits per heavy atom. The van der Waals surface area contributed by atoms with E-state index in [4.69, 9.17) is 4.74 Å².